The molecule has 6 heavy (non-hydrogen) atoms. The van der Waals surface area contributed by atoms with Gasteiger partial charge in [-0.2, -0.15) is 5.26 Å². The largest absolute Gasteiger partial charge is 0.199 e. The van der Waals surface area contributed by atoms with Gasteiger partial charge in [-0.1, -0.05) is 13.1 Å². The van der Waals surface area contributed by atoms with Gasteiger partial charge < -0.3 is 0 Å². The number of hydrogen-bond acceptors (Lipinski definition) is 1. The molecule has 0 unspecified atom stereocenters. The summed E-state index contributed by atoms with van der Waals surface area (Å²) in [5.41, 5.74) is 0. The van der Waals surface area contributed by atoms with E-state index in [1.165, 1.54) is 0 Å². The fraction of sp³-hybridized carbons (Fsp3) is 0.750. The molecule has 2 heteroatoms. The van der Waals surface area contributed by atoms with Crippen molar-refractivity contribution in [2.24, 2.45) is 0 Å². The van der Waals surface area contributed by atoms with Crippen LogP contribution in [0.25, 0.3) is 0 Å². The third-order valence-corrected chi connectivity index (χ3v) is 1.30. The minimum Gasteiger partial charge on any atom is -0.199 e. The standard InChI is InChI=1S/C4H8NSi/c1-6(2)4-3-5/h4H2,1-2H3. The maximum Gasteiger partial charge on any atom is 0.0588 e. The van der Waals surface area contributed by atoms with Crippen molar-refractivity contribution in [3.63, 3.8) is 0 Å². The highest BCUT2D eigenvalue weighted by Gasteiger charge is 1.88. The lowest BCUT2D eigenvalue weighted by Gasteiger charge is -1.84. The Morgan fingerprint density at radius 1 is 1.67 bits per heavy atom. The van der Waals surface area contributed by atoms with Crippen molar-refractivity contribution >= 4 is 8.80 Å². The Morgan fingerprint density at radius 3 is 2.17 bits per heavy atom. The predicted molar refractivity (Wildman–Crippen MR) is 27.9 cm³/mol. The summed E-state index contributed by atoms with van der Waals surface area (Å²) < 4.78 is 0. The Hall–Kier alpha value is -0.293. The summed E-state index contributed by atoms with van der Waals surface area (Å²) in [7, 11) is -0.247. The molecular weight excluding hydrogens is 90.1 g/mol. The van der Waals surface area contributed by atoms with E-state index in [-0.39, 0.29) is 8.80 Å². The van der Waals surface area contributed by atoms with E-state index >= 15 is 0 Å². The van der Waals surface area contributed by atoms with E-state index in [0.717, 1.165) is 6.04 Å². The van der Waals surface area contributed by atoms with Crippen LogP contribution in [0, 0.1) is 11.3 Å². The summed E-state index contributed by atoms with van der Waals surface area (Å²) in [6, 6.07) is 2.89. The summed E-state index contributed by atoms with van der Waals surface area (Å²) in [5, 5.41) is 8.01. The molecule has 1 radical (unpaired) electrons. The second-order valence-corrected chi connectivity index (χ2v) is 4.31. The zero-order chi connectivity index (χ0) is 4.99. The fourth-order valence-corrected chi connectivity index (χ4v) is 0.474. The smallest absolute Gasteiger partial charge is 0.0588 e. The molecule has 0 heterocycles. The highest BCUT2D eigenvalue weighted by molar-refractivity contribution is 6.56. The first kappa shape index (κ1) is 5.71. The molecule has 0 N–H and O–H groups in total. The SMILES string of the molecule is C[Si](C)CC#N. The van der Waals surface area contributed by atoms with Crippen LogP contribution in [0.1, 0.15) is 0 Å². The minimum absolute atomic E-state index is 0.247. The Balaban J connectivity index is 2.88. The van der Waals surface area contributed by atoms with Gasteiger partial charge in [0, 0.05) is 6.04 Å². The molecule has 0 aliphatic rings. The van der Waals surface area contributed by atoms with Gasteiger partial charge in [0.1, 0.15) is 0 Å². The van der Waals surface area contributed by atoms with Crippen molar-refractivity contribution < 1.29 is 0 Å². The van der Waals surface area contributed by atoms with Gasteiger partial charge >= 0.3 is 0 Å². The highest BCUT2D eigenvalue weighted by Crippen LogP contribution is 1.84. The first-order valence-electron chi connectivity index (χ1n) is 1.93. The molecule has 0 atom stereocenters. The molecule has 0 aliphatic heterocycles. The van der Waals surface area contributed by atoms with Gasteiger partial charge in [0.05, 0.1) is 14.9 Å². The molecule has 0 fully saturated rings. The third-order valence-electron chi connectivity index (χ3n) is 0.433. The lowest BCUT2D eigenvalue weighted by Crippen LogP contribution is -1.94. The van der Waals surface area contributed by atoms with Gasteiger partial charge in [-0.05, 0) is 0 Å². The van der Waals surface area contributed by atoms with Crippen LogP contribution in [-0.4, -0.2) is 8.80 Å². The summed E-state index contributed by atoms with van der Waals surface area (Å²) in [6.07, 6.45) is 0. The van der Waals surface area contributed by atoms with Crippen molar-refractivity contribution in [3.05, 3.63) is 0 Å². The second kappa shape index (κ2) is 2.92. The van der Waals surface area contributed by atoms with E-state index in [2.05, 4.69) is 19.2 Å². The molecular formula is C4H8NSi. The van der Waals surface area contributed by atoms with Crippen molar-refractivity contribution in [1.29, 1.82) is 5.26 Å². The van der Waals surface area contributed by atoms with Crippen molar-refractivity contribution in [2.75, 3.05) is 0 Å². The molecule has 0 bridgehead atoms. The Labute approximate surface area is 40.2 Å². The average molecular weight is 98.2 g/mol. The van der Waals surface area contributed by atoms with Gasteiger partial charge in [-0.3, -0.25) is 0 Å². The molecule has 0 saturated heterocycles. The average Bonchev–Trinajstić information content (AvgIpc) is 1.35. The third kappa shape index (κ3) is 3.71. The Morgan fingerprint density at radius 2 is 2.17 bits per heavy atom. The minimum atomic E-state index is -0.247. The van der Waals surface area contributed by atoms with Crippen LogP contribution in [0.2, 0.25) is 19.1 Å². The topological polar surface area (TPSA) is 23.8 Å². The lowest BCUT2D eigenvalue weighted by molar-refractivity contribution is 1.46. The number of nitrogens with zero attached hydrogens (tertiary/aromatic N) is 1. The zero-order valence-corrected chi connectivity index (χ0v) is 5.15. The van der Waals surface area contributed by atoms with Crippen LogP contribution in [0.4, 0.5) is 0 Å². The van der Waals surface area contributed by atoms with Gasteiger partial charge in [0.2, 0.25) is 0 Å². The van der Waals surface area contributed by atoms with E-state index in [1.54, 1.807) is 0 Å². The van der Waals surface area contributed by atoms with Crippen LogP contribution in [0.3, 0.4) is 0 Å². The number of hydrogen-bond donors (Lipinski definition) is 0. The number of nitriles is 1. The molecule has 0 spiro atoms. The molecule has 33 valence electrons. The summed E-state index contributed by atoms with van der Waals surface area (Å²) in [5.74, 6) is 0. The van der Waals surface area contributed by atoms with Crippen LogP contribution in [-0.2, 0) is 0 Å². The summed E-state index contributed by atoms with van der Waals surface area (Å²) >= 11 is 0. The van der Waals surface area contributed by atoms with E-state index in [0.29, 0.717) is 0 Å². The molecule has 0 aromatic rings. The molecule has 0 amide bonds. The van der Waals surface area contributed by atoms with Crippen LogP contribution in [0.15, 0.2) is 0 Å². The molecule has 1 nitrogen and oxygen atoms in total. The number of rotatable bonds is 1. The first-order valence-corrected chi connectivity index (χ1v) is 4.64. The Bertz CT molecular complexity index is 62.4. The molecule has 0 aromatic carbocycles. The molecule has 0 aliphatic carbocycles. The monoisotopic (exact) mass is 98.0 g/mol. The maximum absolute atomic E-state index is 8.01. The maximum atomic E-state index is 8.01. The van der Waals surface area contributed by atoms with E-state index in [4.69, 9.17) is 5.26 Å². The van der Waals surface area contributed by atoms with Crippen molar-refractivity contribution in [1.82, 2.24) is 0 Å². The van der Waals surface area contributed by atoms with Crippen LogP contribution < -0.4 is 0 Å². The first-order chi connectivity index (χ1) is 2.77. The van der Waals surface area contributed by atoms with Gasteiger partial charge in [0.15, 0.2) is 0 Å². The van der Waals surface area contributed by atoms with Crippen molar-refractivity contribution in [2.45, 2.75) is 19.1 Å². The van der Waals surface area contributed by atoms with Crippen LogP contribution in [0.5, 0.6) is 0 Å². The summed E-state index contributed by atoms with van der Waals surface area (Å²) in [4.78, 5) is 0. The van der Waals surface area contributed by atoms with Gasteiger partial charge in [0.25, 0.3) is 0 Å². The van der Waals surface area contributed by atoms with Gasteiger partial charge in [-0.15, -0.1) is 0 Å². The predicted octanol–water partition coefficient (Wildman–Crippen LogP) is 1.26. The van der Waals surface area contributed by atoms with E-state index in [9.17, 15) is 0 Å². The normalized spacial score (nSPS) is 8.33. The fourth-order valence-electron chi connectivity index (χ4n) is 0.158. The summed E-state index contributed by atoms with van der Waals surface area (Å²) in [6.45, 7) is 4.27. The highest BCUT2D eigenvalue weighted by atomic mass is 28.3. The molecule has 0 aromatic heterocycles. The molecule has 0 saturated carbocycles. The van der Waals surface area contributed by atoms with Crippen LogP contribution >= 0.6 is 0 Å². The molecule has 0 rings (SSSR count). The van der Waals surface area contributed by atoms with E-state index < -0.39 is 0 Å². The quantitative estimate of drug-likeness (QED) is 0.453. The van der Waals surface area contributed by atoms with E-state index in [1.807, 2.05) is 0 Å². The lowest BCUT2D eigenvalue weighted by atomic mass is 10.9. The van der Waals surface area contributed by atoms with Crippen molar-refractivity contribution in [3.8, 4) is 6.07 Å². The Kier molecular flexibility index (Phi) is 2.78. The zero-order valence-electron chi connectivity index (χ0n) is 4.15. The van der Waals surface area contributed by atoms with Gasteiger partial charge in [-0.25, -0.2) is 0 Å². The second-order valence-electron chi connectivity index (χ2n) is 1.54.